The summed E-state index contributed by atoms with van der Waals surface area (Å²) in [6, 6.07) is 22.9. The summed E-state index contributed by atoms with van der Waals surface area (Å²) in [6.45, 7) is 0.440. The highest BCUT2D eigenvalue weighted by molar-refractivity contribution is 6.30. The number of hydrogen-bond acceptors (Lipinski definition) is 4. The van der Waals surface area contributed by atoms with Gasteiger partial charge < -0.3 is 10.6 Å². The first-order valence-corrected chi connectivity index (χ1v) is 14.2. The van der Waals surface area contributed by atoms with Crippen LogP contribution in [0.5, 0.6) is 0 Å². The summed E-state index contributed by atoms with van der Waals surface area (Å²) in [4.78, 5) is 23.5. The molecular weight excluding hydrogens is 492 g/mol. The zero-order valence-electron chi connectivity index (χ0n) is 21.6. The molecule has 6 heteroatoms. The molecule has 4 aromatic rings. The van der Waals surface area contributed by atoms with E-state index < -0.39 is 0 Å². The van der Waals surface area contributed by atoms with Gasteiger partial charge in [0.25, 0.3) is 5.91 Å². The fourth-order valence-electron chi connectivity index (χ4n) is 6.36. The van der Waals surface area contributed by atoms with E-state index in [0.29, 0.717) is 29.1 Å². The molecule has 0 spiro atoms. The molecule has 1 aromatic heterocycles. The SMILES string of the molecule is O=C(NCc1cccc2ccccc12)c1cnc(NC2CCCC2)nc1C1(c2ccc(Cl)cc2)CCCC1. The van der Waals surface area contributed by atoms with Gasteiger partial charge in [0.2, 0.25) is 5.95 Å². The van der Waals surface area contributed by atoms with Gasteiger partial charge in [-0.25, -0.2) is 9.97 Å². The Bertz CT molecular complexity index is 1430. The molecule has 38 heavy (non-hydrogen) atoms. The molecule has 2 fully saturated rings. The maximum atomic E-state index is 13.8. The van der Waals surface area contributed by atoms with E-state index in [2.05, 4.69) is 52.0 Å². The number of halogens is 1. The second kappa shape index (κ2) is 10.7. The molecule has 5 nitrogen and oxygen atoms in total. The van der Waals surface area contributed by atoms with Crippen molar-refractivity contribution >= 4 is 34.2 Å². The Kier molecular flexibility index (Phi) is 7.03. The van der Waals surface area contributed by atoms with Gasteiger partial charge in [-0.3, -0.25) is 4.79 Å². The number of fused-ring (bicyclic) bond motifs is 1. The fraction of sp³-hybridized carbons (Fsp3) is 0.344. The van der Waals surface area contributed by atoms with Crippen LogP contribution >= 0.6 is 11.6 Å². The van der Waals surface area contributed by atoms with Crippen LogP contribution in [0.15, 0.2) is 72.9 Å². The lowest BCUT2D eigenvalue weighted by atomic mass is 9.74. The van der Waals surface area contributed by atoms with Gasteiger partial charge in [0.1, 0.15) is 0 Å². The van der Waals surface area contributed by atoms with Gasteiger partial charge in [-0.15, -0.1) is 0 Å². The van der Waals surface area contributed by atoms with Crippen molar-refractivity contribution < 1.29 is 4.79 Å². The molecule has 1 amide bonds. The van der Waals surface area contributed by atoms with E-state index in [1.165, 1.54) is 18.2 Å². The zero-order chi connectivity index (χ0) is 26.0. The van der Waals surface area contributed by atoms with Gasteiger partial charge in [0, 0.05) is 29.2 Å². The van der Waals surface area contributed by atoms with Crippen molar-refractivity contribution in [3.63, 3.8) is 0 Å². The average molecular weight is 525 g/mol. The van der Waals surface area contributed by atoms with Crippen LogP contribution in [0.2, 0.25) is 5.02 Å². The maximum absolute atomic E-state index is 13.8. The van der Waals surface area contributed by atoms with E-state index in [1.54, 1.807) is 6.20 Å². The first kappa shape index (κ1) is 24.9. The molecule has 0 saturated heterocycles. The molecule has 1 heterocycles. The van der Waals surface area contributed by atoms with Crippen LogP contribution in [-0.4, -0.2) is 21.9 Å². The van der Waals surface area contributed by atoms with Gasteiger partial charge in [-0.05, 0) is 59.7 Å². The van der Waals surface area contributed by atoms with Crippen LogP contribution < -0.4 is 10.6 Å². The summed E-state index contributed by atoms with van der Waals surface area (Å²) in [7, 11) is 0. The molecule has 2 aliphatic carbocycles. The largest absolute Gasteiger partial charge is 0.351 e. The normalized spacial score (nSPS) is 17.1. The lowest BCUT2D eigenvalue weighted by Gasteiger charge is -2.31. The van der Waals surface area contributed by atoms with E-state index >= 15 is 0 Å². The van der Waals surface area contributed by atoms with E-state index in [4.69, 9.17) is 16.6 Å². The van der Waals surface area contributed by atoms with Gasteiger partial charge in [0.15, 0.2) is 0 Å². The number of amides is 1. The Balaban J connectivity index is 1.36. The van der Waals surface area contributed by atoms with Crippen LogP contribution in [0.1, 0.15) is 78.5 Å². The van der Waals surface area contributed by atoms with Crippen LogP contribution in [0.25, 0.3) is 10.8 Å². The third kappa shape index (κ3) is 4.88. The van der Waals surface area contributed by atoms with Crippen LogP contribution in [0.3, 0.4) is 0 Å². The van der Waals surface area contributed by atoms with Crippen molar-refractivity contribution in [1.29, 1.82) is 0 Å². The molecule has 0 aliphatic heterocycles. The van der Waals surface area contributed by atoms with Crippen LogP contribution in [0.4, 0.5) is 5.95 Å². The van der Waals surface area contributed by atoms with Crippen molar-refractivity contribution in [3.8, 4) is 0 Å². The predicted molar refractivity (Wildman–Crippen MR) is 154 cm³/mol. The summed E-state index contributed by atoms with van der Waals surface area (Å²) in [5.74, 6) is 0.485. The number of anilines is 1. The lowest BCUT2D eigenvalue weighted by Crippen LogP contribution is -2.33. The Morgan fingerprint density at radius 2 is 1.66 bits per heavy atom. The van der Waals surface area contributed by atoms with E-state index in [1.807, 2.05) is 30.3 Å². The van der Waals surface area contributed by atoms with Crippen LogP contribution in [0, 0.1) is 0 Å². The molecule has 2 N–H and O–H groups in total. The van der Waals surface area contributed by atoms with E-state index in [-0.39, 0.29) is 11.3 Å². The molecule has 0 radical (unpaired) electrons. The fourth-order valence-corrected chi connectivity index (χ4v) is 6.49. The number of hydrogen-bond donors (Lipinski definition) is 2. The summed E-state index contributed by atoms with van der Waals surface area (Å²) < 4.78 is 0. The third-order valence-corrected chi connectivity index (χ3v) is 8.60. The molecule has 2 saturated carbocycles. The van der Waals surface area contributed by atoms with Gasteiger partial charge in [-0.1, -0.05) is 91.9 Å². The minimum absolute atomic E-state index is 0.138. The molecule has 0 atom stereocenters. The highest BCUT2D eigenvalue weighted by Gasteiger charge is 2.42. The van der Waals surface area contributed by atoms with Gasteiger partial charge >= 0.3 is 0 Å². The first-order valence-electron chi connectivity index (χ1n) is 13.8. The molecule has 194 valence electrons. The van der Waals surface area contributed by atoms with Crippen molar-refractivity contribution in [2.24, 2.45) is 0 Å². The summed E-state index contributed by atoms with van der Waals surface area (Å²) in [5.41, 5.74) is 3.29. The monoisotopic (exact) mass is 524 g/mol. The number of nitrogens with one attached hydrogen (secondary N) is 2. The average Bonchev–Trinajstić information content (AvgIpc) is 3.65. The van der Waals surface area contributed by atoms with Crippen LogP contribution in [-0.2, 0) is 12.0 Å². The third-order valence-electron chi connectivity index (χ3n) is 8.35. The molecule has 3 aromatic carbocycles. The number of rotatable bonds is 7. The molecule has 0 unspecified atom stereocenters. The second-order valence-electron chi connectivity index (χ2n) is 10.7. The Hall–Kier alpha value is -3.44. The van der Waals surface area contributed by atoms with Crippen molar-refractivity contribution in [1.82, 2.24) is 15.3 Å². The molecule has 6 rings (SSSR count). The predicted octanol–water partition coefficient (Wildman–Crippen LogP) is 7.43. The van der Waals surface area contributed by atoms with E-state index in [9.17, 15) is 4.79 Å². The second-order valence-corrected chi connectivity index (χ2v) is 11.1. The van der Waals surface area contributed by atoms with Crippen molar-refractivity contribution in [3.05, 3.63) is 100 Å². The van der Waals surface area contributed by atoms with Gasteiger partial charge in [-0.2, -0.15) is 0 Å². The minimum Gasteiger partial charge on any atom is -0.351 e. The van der Waals surface area contributed by atoms with E-state index in [0.717, 1.165) is 60.7 Å². The quantitative estimate of drug-likeness (QED) is 0.264. The van der Waals surface area contributed by atoms with Gasteiger partial charge in [0.05, 0.1) is 11.3 Å². The molecule has 2 aliphatic rings. The summed E-state index contributed by atoms with van der Waals surface area (Å²) in [6.07, 6.45) is 10.5. The highest BCUT2D eigenvalue weighted by atomic mass is 35.5. The summed E-state index contributed by atoms with van der Waals surface area (Å²) in [5, 5.41) is 9.76. The number of benzene rings is 3. The number of carbonyl (C=O) groups is 1. The number of aromatic nitrogens is 2. The zero-order valence-corrected chi connectivity index (χ0v) is 22.3. The van der Waals surface area contributed by atoms with Crippen molar-refractivity contribution in [2.45, 2.75) is 69.4 Å². The molecular formula is C32H33ClN4O. The summed E-state index contributed by atoms with van der Waals surface area (Å²) >= 11 is 6.25. The Morgan fingerprint density at radius 3 is 2.45 bits per heavy atom. The highest BCUT2D eigenvalue weighted by Crippen LogP contribution is 2.47. The smallest absolute Gasteiger partial charge is 0.255 e. The number of carbonyl (C=O) groups excluding carboxylic acids is 1. The Labute approximate surface area is 229 Å². The standard InChI is InChI=1S/C32H33ClN4O/c33-25-16-14-24(15-17-25)32(18-5-6-19-32)29-28(21-35-31(37-29)36-26-11-2-3-12-26)30(38)34-20-23-10-7-9-22-8-1-4-13-27(22)23/h1,4,7-10,13-17,21,26H,2-3,5-6,11-12,18-20H2,(H,34,38)(H,35,36,37). The maximum Gasteiger partial charge on any atom is 0.255 e. The molecule has 0 bridgehead atoms. The number of nitrogens with zero attached hydrogens (tertiary/aromatic N) is 2. The Morgan fingerprint density at radius 1 is 0.921 bits per heavy atom. The lowest BCUT2D eigenvalue weighted by molar-refractivity contribution is 0.0948. The van der Waals surface area contributed by atoms with Crippen molar-refractivity contribution in [2.75, 3.05) is 5.32 Å². The topological polar surface area (TPSA) is 66.9 Å². The minimum atomic E-state index is -0.342. The first-order chi connectivity index (χ1) is 18.6.